The Kier molecular flexibility index (Phi) is 1.66. The van der Waals surface area contributed by atoms with Crippen LogP contribution in [0.3, 0.4) is 0 Å². The lowest BCUT2D eigenvalue weighted by molar-refractivity contribution is -0.118. The second kappa shape index (κ2) is 3.02. The molecule has 90 valence electrons. The molecule has 18 heavy (non-hydrogen) atoms. The fourth-order valence-corrected chi connectivity index (χ4v) is 3.20. The Balaban J connectivity index is 1.84. The van der Waals surface area contributed by atoms with E-state index in [1.165, 1.54) is 0 Å². The van der Waals surface area contributed by atoms with E-state index in [1.807, 2.05) is 25.1 Å². The Morgan fingerprint density at radius 2 is 2.22 bits per heavy atom. The van der Waals surface area contributed by atoms with E-state index in [0.717, 1.165) is 29.1 Å². The molecule has 2 aromatic rings. The van der Waals surface area contributed by atoms with Gasteiger partial charge in [0.1, 0.15) is 0 Å². The molecule has 1 spiro atoms. The average molecular weight is 239 g/mol. The molecule has 1 aromatic heterocycles. The fraction of sp³-hybridized carbons (Fsp3) is 0.286. The minimum atomic E-state index is -0.365. The number of aromatic nitrogens is 2. The van der Waals surface area contributed by atoms with Crippen LogP contribution < -0.4 is 5.32 Å². The van der Waals surface area contributed by atoms with Crippen molar-refractivity contribution in [1.82, 2.24) is 9.97 Å². The van der Waals surface area contributed by atoms with Crippen molar-refractivity contribution in [2.24, 2.45) is 0 Å². The van der Waals surface area contributed by atoms with Crippen LogP contribution in [0.5, 0.6) is 0 Å². The lowest BCUT2D eigenvalue weighted by atomic mass is 9.93. The van der Waals surface area contributed by atoms with Crippen molar-refractivity contribution in [3.63, 3.8) is 0 Å². The number of aromatic amines is 1. The Bertz CT molecular complexity index is 661. The van der Waals surface area contributed by atoms with Gasteiger partial charge >= 0.3 is 0 Å². The molecule has 1 aliphatic heterocycles. The number of benzene rings is 1. The van der Waals surface area contributed by atoms with Gasteiger partial charge in [-0.1, -0.05) is 18.2 Å². The van der Waals surface area contributed by atoms with Crippen molar-refractivity contribution in [2.75, 3.05) is 5.32 Å². The first-order chi connectivity index (χ1) is 8.73. The number of imidazole rings is 1. The Hall–Kier alpha value is -2.10. The van der Waals surface area contributed by atoms with Crippen molar-refractivity contribution in [3.8, 4) is 0 Å². The molecule has 2 heterocycles. The number of para-hydroxylation sites is 1. The lowest BCUT2D eigenvalue weighted by Gasteiger charge is -2.07. The first-order valence-electron chi connectivity index (χ1n) is 6.14. The molecule has 4 nitrogen and oxygen atoms in total. The van der Waals surface area contributed by atoms with Gasteiger partial charge in [0.25, 0.3) is 0 Å². The highest BCUT2D eigenvalue weighted by atomic mass is 16.2. The van der Waals surface area contributed by atoms with Crippen molar-refractivity contribution in [2.45, 2.75) is 24.7 Å². The van der Waals surface area contributed by atoms with Crippen LogP contribution in [0, 0.1) is 6.92 Å². The predicted molar refractivity (Wildman–Crippen MR) is 67.4 cm³/mol. The molecule has 4 heteroatoms. The predicted octanol–water partition coefficient (Wildman–Crippen LogP) is 2.10. The first kappa shape index (κ1) is 9.88. The Morgan fingerprint density at radius 3 is 3.00 bits per heavy atom. The number of anilines is 1. The number of carbonyl (C=O) groups excluding carboxylic acids is 1. The van der Waals surface area contributed by atoms with Gasteiger partial charge in [0.2, 0.25) is 5.91 Å². The van der Waals surface area contributed by atoms with E-state index in [1.54, 1.807) is 6.33 Å². The van der Waals surface area contributed by atoms with Gasteiger partial charge < -0.3 is 10.3 Å². The van der Waals surface area contributed by atoms with Crippen LogP contribution in [0.4, 0.5) is 5.69 Å². The van der Waals surface area contributed by atoms with Crippen molar-refractivity contribution in [1.29, 1.82) is 0 Å². The molecular weight excluding hydrogens is 226 g/mol. The summed E-state index contributed by atoms with van der Waals surface area (Å²) >= 11 is 0. The van der Waals surface area contributed by atoms with E-state index < -0.39 is 0 Å². The van der Waals surface area contributed by atoms with Gasteiger partial charge in [-0.2, -0.15) is 0 Å². The number of nitrogens with zero attached hydrogens (tertiary/aromatic N) is 1. The standard InChI is InChI=1S/C14H13N3O/c1-8-12(16-7-15-8)10-6-14(10)9-4-2-3-5-11(9)17-13(14)18/h2-5,7,10H,6H2,1H3,(H,15,16)(H,17,18). The molecule has 2 aliphatic rings. The minimum Gasteiger partial charge on any atom is -0.348 e. The number of nitrogens with one attached hydrogen (secondary N) is 2. The molecule has 1 aliphatic carbocycles. The number of fused-ring (bicyclic) bond motifs is 2. The summed E-state index contributed by atoms with van der Waals surface area (Å²) in [5.74, 6) is 0.337. The normalized spacial score (nSPS) is 28.3. The number of hydrogen-bond acceptors (Lipinski definition) is 2. The third-order valence-corrected chi connectivity index (χ3v) is 4.22. The molecule has 4 rings (SSSR count). The average Bonchev–Trinajstić information content (AvgIpc) is 2.87. The second-order valence-electron chi connectivity index (χ2n) is 5.14. The minimum absolute atomic E-state index is 0.121. The molecule has 1 aromatic carbocycles. The zero-order valence-electron chi connectivity index (χ0n) is 10.0. The SMILES string of the molecule is Cc1[nH]cnc1C1CC12C(=O)Nc1ccccc12. The molecule has 1 saturated carbocycles. The van der Waals surface area contributed by atoms with E-state index >= 15 is 0 Å². The van der Waals surface area contributed by atoms with Crippen LogP contribution in [-0.2, 0) is 10.2 Å². The van der Waals surface area contributed by atoms with Gasteiger partial charge in [-0.15, -0.1) is 0 Å². The molecule has 0 saturated heterocycles. The maximum absolute atomic E-state index is 12.3. The molecule has 2 N–H and O–H groups in total. The van der Waals surface area contributed by atoms with Gasteiger partial charge in [-0.25, -0.2) is 4.98 Å². The van der Waals surface area contributed by atoms with Crippen LogP contribution in [0.1, 0.15) is 29.3 Å². The highest BCUT2D eigenvalue weighted by molar-refractivity contribution is 6.09. The number of aryl methyl sites for hydroxylation is 1. The molecule has 1 amide bonds. The van der Waals surface area contributed by atoms with Crippen molar-refractivity contribution >= 4 is 11.6 Å². The number of rotatable bonds is 1. The van der Waals surface area contributed by atoms with Crippen LogP contribution in [-0.4, -0.2) is 15.9 Å². The number of hydrogen-bond donors (Lipinski definition) is 2. The molecule has 0 radical (unpaired) electrons. The Labute approximate surface area is 104 Å². The summed E-state index contributed by atoms with van der Waals surface area (Å²) in [5.41, 5.74) is 3.81. The topological polar surface area (TPSA) is 57.8 Å². The molecule has 1 fully saturated rings. The van der Waals surface area contributed by atoms with Crippen LogP contribution in [0.25, 0.3) is 0 Å². The lowest BCUT2D eigenvalue weighted by Crippen LogP contribution is -2.21. The van der Waals surface area contributed by atoms with E-state index in [-0.39, 0.29) is 17.2 Å². The maximum Gasteiger partial charge on any atom is 0.235 e. The second-order valence-corrected chi connectivity index (χ2v) is 5.14. The highest BCUT2D eigenvalue weighted by Gasteiger charge is 2.66. The number of H-pyrrole nitrogens is 1. The summed E-state index contributed by atoms with van der Waals surface area (Å²) in [6.07, 6.45) is 2.57. The molecular formula is C14H13N3O. The van der Waals surface area contributed by atoms with Crippen LogP contribution in [0.2, 0.25) is 0 Å². The van der Waals surface area contributed by atoms with E-state index in [4.69, 9.17) is 0 Å². The summed E-state index contributed by atoms with van der Waals surface area (Å²) in [7, 11) is 0. The van der Waals surface area contributed by atoms with E-state index in [2.05, 4.69) is 21.4 Å². The molecule has 0 bridgehead atoms. The van der Waals surface area contributed by atoms with Crippen LogP contribution in [0.15, 0.2) is 30.6 Å². The summed E-state index contributed by atoms with van der Waals surface area (Å²) in [4.78, 5) is 19.7. The van der Waals surface area contributed by atoms with Gasteiger partial charge in [-0.05, 0) is 25.0 Å². The zero-order valence-corrected chi connectivity index (χ0v) is 10.0. The van der Waals surface area contributed by atoms with E-state index in [9.17, 15) is 4.79 Å². The van der Waals surface area contributed by atoms with E-state index in [0.29, 0.717) is 0 Å². The zero-order chi connectivity index (χ0) is 12.3. The molecule has 2 unspecified atom stereocenters. The summed E-state index contributed by atoms with van der Waals surface area (Å²) in [5, 5.41) is 2.98. The molecule has 2 atom stereocenters. The number of amides is 1. The van der Waals surface area contributed by atoms with Crippen LogP contribution >= 0.6 is 0 Å². The maximum atomic E-state index is 12.3. The highest BCUT2D eigenvalue weighted by Crippen LogP contribution is 2.64. The van der Waals surface area contributed by atoms with Crippen molar-refractivity contribution in [3.05, 3.63) is 47.5 Å². The fourth-order valence-electron chi connectivity index (χ4n) is 3.20. The van der Waals surface area contributed by atoms with Gasteiger partial charge in [-0.3, -0.25) is 4.79 Å². The quantitative estimate of drug-likeness (QED) is 0.800. The van der Waals surface area contributed by atoms with Gasteiger partial charge in [0.15, 0.2) is 0 Å². The largest absolute Gasteiger partial charge is 0.348 e. The first-order valence-corrected chi connectivity index (χ1v) is 6.14. The van der Waals surface area contributed by atoms with Gasteiger partial charge in [0.05, 0.1) is 17.4 Å². The van der Waals surface area contributed by atoms with Crippen molar-refractivity contribution < 1.29 is 4.79 Å². The third-order valence-electron chi connectivity index (χ3n) is 4.22. The van der Waals surface area contributed by atoms with Gasteiger partial charge in [0, 0.05) is 17.3 Å². The smallest absolute Gasteiger partial charge is 0.235 e. The summed E-state index contributed by atoms with van der Waals surface area (Å²) in [6, 6.07) is 7.97. The monoisotopic (exact) mass is 239 g/mol. The Morgan fingerprint density at radius 1 is 1.39 bits per heavy atom. The summed E-state index contributed by atoms with van der Waals surface area (Å²) < 4.78 is 0. The number of carbonyl (C=O) groups is 1. The summed E-state index contributed by atoms with van der Waals surface area (Å²) in [6.45, 7) is 2.01. The third kappa shape index (κ3) is 1.01.